The van der Waals surface area contributed by atoms with Gasteiger partial charge in [0.25, 0.3) is 5.56 Å². The maximum Gasteiger partial charge on any atom is 0.310 e. The van der Waals surface area contributed by atoms with Gasteiger partial charge in [0.2, 0.25) is 0 Å². The number of aromatic amines is 1. The van der Waals surface area contributed by atoms with Crippen molar-refractivity contribution in [2.24, 2.45) is 5.41 Å². The molecule has 0 bridgehead atoms. The molecule has 0 atom stereocenters. The number of aromatic nitrogens is 1. The highest BCUT2D eigenvalue weighted by atomic mass is 19.1. The molecular formula is C32H39FN2O4. The second kappa shape index (κ2) is 12.1. The fourth-order valence-corrected chi connectivity index (χ4v) is 5.02. The zero-order valence-corrected chi connectivity index (χ0v) is 23.6. The van der Waals surface area contributed by atoms with Gasteiger partial charge in [0.15, 0.2) is 0 Å². The number of halogens is 1. The maximum atomic E-state index is 13.4. The molecule has 4 rings (SSSR count). The third kappa shape index (κ3) is 7.28. The monoisotopic (exact) mass is 534 g/mol. The quantitative estimate of drug-likeness (QED) is 0.330. The highest BCUT2D eigenvalue weighted by Crippen LogP contribution is 2.38. The number of ether oxygens (including phenoxy) is 2. The Morgan fingerprint density at radius 1 is 1.05 bits per heavy atom. The van der Waals surface area contributed by atoms with Gasteiger partial charge < -0.3 is 19.4 Å². The molecule has 1 aliphatic heterocycles. The Kier molecular flexibility index (Phi) is 8.78. The van der Waals surface area contributed by atoms with E-state index < -0.39 is 0 Å². The molecule has 2 aromatic carbocycles. The van der Waals surface area contributed by atoms with Crippen molar-refractivity contribution in [2.45, 2.75) is 66.4 Å². The third-order valence-electron chi connectivity index (χ3n) is 7.34. The molecule has 7 heteroatoms. The molecule has 0 unspecified atom stereocenters. The fraction of sp³-hybridized carbons (Fsp3) is 0.438. The van der Waals surface area contributed by atoms with E-state index in [-0.39, 0.29) is 35.3 Å². The van der Waals surface area contributed by atoms with Crippen LogP contribution in [0.3, 0.4) is 0 Å². The summed E-state index contributed by atoms with van der Waals surface area (Å²) in [6.45, 7) is 12.1. The van der Waals surface area contributed by atoms with Gasteiger partial charge in [-0.25, -0.2) is 4.39 Å². The van der Waals surface area contributed by atoms with Gasteiger partial charge in [-0.15, -0.1) is 0 Å². The van der Waals surface area contributed by atoms with E-state index in [0.29, 0.717) is 30.0 Å². The molecule has 1 N–H and O–H groups in total. The van der Waals surface area contributed by atoms with Gasteiger partial charge in [0.1, 0.15) is 11.6 Å². The van der Waals surface area contributed by atoms with Crippen molar-refractivity contribution in [3.63, 3.8) is 0 Å². The van der Waals surface area contributed by atoms with Crippen molar-refractivity contribution >= 4 is 11.7 Å². The Bertz CT molecular complexity index is 1330. The number of piperidine rings is 1. The molecule has 1 saturated heterocycles. The zero-order valence-electron chi connectivity index (χ0n) is 23.6. The van der Waals surface area contributed by atoms with Crippen LogP contribution in [0.15, 0.2) is 53.3 Å². The van der Waals surface area contributed by atoms with Crippen LogP contribution in [-0.2, 0) is 22.4 Å². The van der Waals surface area contributed by atoms with Gasteiger partial charge in [0, 0.05) is 30.8 Å². The van der Waals surface area contributed by atoms with E-state index in [4.69, 9.17) is 9.47 Å². The maximum absolute atomic E-state index is 13.4. The largest absolute Gasteiger partial charge is 0.493 e. The van der Waals surface area contributed by atoms with Gasteiger partial charge in [-0.1, -0.05) is 38.1 Å². The normalized spacial score (nSPS) is 14.9. The average Bonchev–Trinajstić information content (AvgIpc) is 2.87. The third-order valence-corrected chi connectivity index (χ3v) is 7.34. The summed E-state index contributed by atoms with van der Waals surface area (Å²) in [6, 6.07) is 13.9. The predicted molar refractivity (Wildman–Crippen MR) is 153 cm³/mol. The molecule has 208 valence electrons. The molecule has 3 aromatic rings. The summed E-state index contributed by atoms with van der Waals surface area (Å²) in [5, 5.41) is 0. The number of hydrogen-bond acceptors (Lipinski definition) is 5. The van der Waals surface area contributed by atoms with Crippen LogP contribution in [-0.4, -0.2) is 36.8 Å². The molecule has 0 radical (unpaired) electrons. The Labute approximate surface area is 230 Å². The summed E-state index contributed by atoms with van der Waals surface area (Å²) in [5.41, 5.74) is 4.68. The number of esters is 1. The Balaban J connectivity index is 1.63. The molecule has 6 nitrogen and oxygen atoms in total. The van der Waals surface area contributed by atoms with Crippen molar-refractivity contribution in [3.8, 4) is 16.9 Å². The van der Waals surface area contributed by atoms with Crippen molar-refractivity contribution < 1.29 is 18.7 Å². The van der Waals surface area contributed by atoms with E-state index in [1.165, 1.54) is 12.1 Å². The molecule has 1 fully saturated rings. The van der Waals surface area contributed by atoms with E-state index in [1.807, 2.05) is 45.0 Å². The van der Waals surface area contributed by atoms with Gasteiger partial charge in [-0.05, 0) is 74.4 Å². The SMILES string of the molecule is Cc1[nH]c(=O)c(-c2ccc(OCCc3ccc(F)cc3)cc2)c(N2CCC(C)(C)CC2)c1CC(=O)OC(C)C. The fourth-order valence-electron chi connectivity index (χ4n) is 5.02. The van der Waals surface area contributed by atoms with Crippen LogP contribution in [0.2, 0.25) is 0 Å². The number of carbonyl (C=O) groups is 1. The average molecular weight is 535 g/mol. The van der Waals surface area contributed by atoms with Crippen LogP contribution in [0, 0.1) is 18.2 Å². The molecule has 1 aromatic heterocycles. The lowest BCUT2D eigenvalue weighted by molar-refractivity contribution is -0.146. The molecule has 0 amide bonds. The number of pyridine rings is 1. The number of nitrogens with one attached hydrogen (secondary N) is 1. The summed E-state index contributed by atoms with van der Waals surface area (Å²) in [7, 11) is 0. The number of rotatable bonds is 9. The Morgan fingerprint density at radius 3 is 2.31 bits per heavy atom. The van der Waals surface area contributed by atoms with Crippen LogP contribution >= 0.6 is 0 Å². The minimum atomic E-state index is -0.311. The van der Waals surface area contributed by atoms with Crippen LogP contribution in [0.1, 0.15) is 57.4 Å². The standard InChI is InChI=1S/C32H39FN2O4/c1-21(2)39-28(36)20-27-22(3)34-31(37)29(30(27)35-17-15-32(4,5)16-18-35)24-8-12-26(13-9-24)38-19-14-23-6-10-25(33)11-7-23/h6-13,21H,14-20H2,1-5H3,(H,34,37). The first-order chi connectivity index (χ1) is 18.5. The number of carbonyl (C=O) groups excluding carboxylic acids is 1. The molecule has 2 heterocycles. The van der Waals surface area contributed by atoms with Gasteiger partial charge in [0.05, 0.1) is 30.4 Å². The van der Waals surface area contributed by atoms with Crippen molar-refractivity contribution in [3.05, 3.63) is 81.5 Å². The molecular weight excluding hydrogens is 495 g/mol. The highest BCUT2D eigenvalue weighted by Gasteiger charge is 2.30. The lowest BCUT2D eigenvalue weighted by Crippen LogP contribution is -2.39. The number of aryl methyl sites for hydroxylation is 1. The minimum Gasteiger partial charge on any atom is -0.493 e. The molecule has 39 heavy (non-hydrogen) atoms. The second-order valence-electron chi connectivity index (χ2n) is 11.4. The Morgan fingerprint density at radius 2 is 1.69 bits per heavy atom. The first kappa shape index (κ1) is 28.4. The lowest BCUT2D eigenvalue weighted by atomic mass is 9.82. The summed E-state index contributed by atoms with van der Waals surface area (Å²) < 4.78 is 24.5. The van der Waals surface area contributed by atoms with Gasteiger partial charge in [-0.2, -0.15) is 0 Å². The van der Waals surface area contributed by atoms with Crippen LogP contribution in [0.25, 0.3) is 11.1 Å². The topological polar surface area (TPSA) is 71.6 Å². The molecule has 0 saturated carbocycles. The lowest BCUT2D eigenvalue weighted by Gasteiger charge is -2.40. The summed E-state index contributed by atoms with van der Waals surface area (Å²) in [5.74, 6) is 0.120. The first-order valence-electron chi connectivity index (χ1n) is 13.7. The van der Waals surface area contributed by atoms with Crippen LogP contribution in [0.4, 0.5) is 10.1 Å². The summed E-state index contributed by atoms with van der Waals surface area (Å²) in [6.07, 6.45) is 2.53. The highest BCUT2D eigenvalue weighted by molar-refractivity contribution is 5.85. The van der Waals surface area contributed by atoms with Crippen molar-refractivity contribution in [1.29, 1.82) is 0 Å². The molecule has 1 aliphatic rings. The number of hydrogen-bond donors (Lipinski definition) is 1. The van der Waals surface area contributed by atoms with E-state index >= 15 is 0 Å². The molecule has 0 aliphatic carbocycles. The Hall–Kier alpha value is -3.61. The van der Waals surface area contributed by atoms with E-state index in [1.54, 1.807) is 12.1 Å². The summed E-state index contributed by atoms with van der Waals surface area (Å²) in [4.78, 5) is 31.4. The van der Waals surface area contributed by atoms with E-state index in [9.17, 15) is 14.0 Å². The smallest absolute Gasteiger partial charge is 0.310 e. The number of H-pyrrole nitrogens is 1. The van der Waals surface area contributed by atoms with Crippen molar-refractivity contribution in [1.82, 2.24) is 4.98 Å². The minimum absolute atomic E-state index is 0.0909. The van der Waals surface area contributed by atoms with Crippen molar-refractivity contribution in [2.75, 3.05) is 24.6 Å². The van der Waals surface area contributed by atoms with Gasteiger partial charge in [-0.3, -0.25) is 9.59 Å². The van der Waals surface area contributed by atoms with Gasteiger partial charge >= 0.3 is 5.97 Å². The first-order valence-corrected chi connectivity index (χ1v) is 13.7. The van der Waals surface area contributed by atoms with Crippen LogP contribution in [0.5, 0.6) is 5.75 Å². The second-order valence-corrected chi connectivity index (χ2v) is 11.4. The summed E-state index contributed by atoms with van der Waals surface area (Å²) >= 11 is 0. The number of anilines is 1. The number of benzene rings is 2. The molecule has 0 spiro atoms. The van der Waals surface area contributed by atoms with Crippen LogP contribution < -0.4 is 15.2 Å². The van der Waals surface area contributed by atoms with E-state index in [2.05, 4.69) is 23.7 Å². The number of nitrogens with zero attached hydrogens (tertiary/aromatic N) is 1. The zero-order chi connectivity index (χ0) is 28.2. The predicted octanol–water partition coefficient (Wildman–Crippen LogP) is 6.23. The van der Waals surface area contributed by atoms with E-state index in [0.717, 1.165) is 48.3 Å².